The van der Waals surface area contributed by atoms with Gasteiger partial charge in [0.1, 0.15) is 11.3 Å². The monoisotopic (exact) mass is 426 g/mol. The third-order valence-corrected chi connectivity index (χ3v) is 5.02. The Bertz CT molecular complexity index is 1080. The van der Waals surface area contributed by atoms with Crippen LogP contribution < -0.4 is 24.4 Å². The van der Waals surface area contributed by atoms with Gasteiger partial charge in [0.15, 0.2) is 16.6 Å². The van der Waals surface area contributed by atoms with Crippen LogP contribution in [0.5, 0.6) is 17.2 Å². The van der Waals surface area contributed by atoms with Crippen LogP contribution in [0.3, 0.4) is 0 Å². The molecule has 0 aliphatic carbocycles. The molecule has 0 bridgehead atoms. The first kappa shape index (κ1) is 21.3. The predicted octanol–water partition coefficient (Wildman–Crippen LogP) is 3.16. The summed E-state index contributed by atoms with van der Waals surface area (Å²) in [7, 11) is 4.50. The Labute approximate surface area is 180 Å². The first-order valence-corrected chi connectivity index (χ1v) is 9.50. The smallest absolute Gasteiger partial charge is 0.270 e. The Balaban J connectivity index is 2.11. The molecule has 1 saturated heterocycles. The van der Waals surface area contributed by atoms with Crippen molar-refractivity contribution in [2.75, 3.05) is 26.2 Å². The van der Waals surface area contributed by atoms with E-state index in [1.165, 1.54) is 32.3 Å². The summed E-state index contributed by atoms with van der Waals surface area (Å²) in [6.45, 7) is 3.85. The van der Waals surface area contributed by atoms with E-state index >= 15 is 0 Å². The molecule has 30 heavy (non-hydrogen) atoms. The maximum atomic E-state index is 13.3. The van der Waals surface area contributed by atoms with E-state index in [2.05, 4.69) is 5.32 Å². The van der Waals surface area contributed by atoms with Gasteiger partial charge in [-0.2, -0.15) is 0 Å². The van der Waals surface area contributed by atoms with Crippen molar-refractivity contribution in [1.82, 2.24) is 5.32 Å². The highest BCUT2D eigenvalue weighted by atomic mass is 32.1. The summed E-state index contributed by atoms with van der Waals surface area (Å²) in [5.74, 6) is 0.229. The van der Waals surface area contributed by atoms with Gasteiger partial charge in [-0.25, -0.2) is 0 Å². The Morgan fingerprint density at radius 3 is 2.17 bits per heavy atom. The van der Waals surface area contributed by atoms with Gasteiger partial charge in [0.2, 0.25) is 0 Å². The minimum absolute atomic E-state index is 0.0355. The second-order valence-corrected chi connectivity index (χ2v) is 7.08. The molecule has 2 aromatic carbocycles. The highest BCUT2D eigenvalue weighted by Crippen LogP contribution is 2.36. The third-order valence-electron chi connectivity index (χ3n) is 4.73. The van der Waals surface area contributed by atoms with Crippen LogP contribution >= 0.6 is 12.2 Å². The van der Waals surface area contributed by atoms with E-state index in [0.717, 1.165) is 11.1 Å². The van der Waals surface area contributed by atoms with Crippen LogP contribution in [-0.2, 0) is 9.59 Å². The molecule has 1 heterocycles. The SMILES string of the molecule is COc1cc(OC)c(OC)cc1/C=C1\C(=O)NC(=S)N(c2ccc(C)cc2C)C1=O. The zero-order valence-corrected chi connectivity index (χ0v) is 18.2. The van der Waals surface area contributed by atoms with Crippen LogP contribution in [0.4, 0.5) is 5.69 Å². The Morgan fingerprint density at radius 2 is 1.57 bits per heavy atom. The van der Waals surface area contributed by atoms with E-state index < -0.39 is 11.8 Å². The van der Waals surface area contributed by atoms with E-state index in [4.69, 9.17) is 26.4 Å². The molecule has 2 aromatic rings. The van der Waals surface area contributed by atoms with Crippen LogP contribution in [0, 0.1) is 13.8 Å². The molecule has 0 atom stereocenters. The fraction of sp³-hybridized carbons (Fsp3) is 0.227. The summed E-state index contributed by atoms with van der Waals surface area (Å²) < 4.78 is 16.0. The van der Waals surface area contributed by atoms with Crippen molar-refractivity contribution >= 4 is 40.9 Å². The van der Waals surface area contributed by atoms with Gasteiger partial charge in [0.05, 0.1) is 27.0 Å². The molecular formula is C22H22N2O5S. The number of hydrogen-bond donors (Lipinski definition) is 1. The fourth-order valence-electron chi connectivity index (χ4n) is 3.25. The van der Waals surface area contributed by atoms with Crippen molar-refractivity contribution in [2.24, 2.45) is 0 Å². The van der Waals surface area contributed by atoms with Crippen LogP contribution in [-0.4, -0.2) is 38.3 Å². The number of carbonyl (C=O) groups excluding carboxylic acids is 2. The van der Waals surface area contributed by atoms with E-state index in [1.807, 2.05) is 26.0 Å². The molecule has 8 heteroatoms. The first-order valence-electron chi connectivity index (χ1n) is 9.09. The molecule has 0 radical (unpaired) electrons. The molecule has 0 unspecified atom stereocenters. The first-order chi connectivity index (χ1) is 14.3. The second-order valence-electron chi connectivity index (χ2n) is 6.70. The number of hydrogen-bond acceptors (Lipinski definition) is 6. The number of anilines is 1. The van der Waals surface area contributed by atoms with Crippen LogP contribution in [0.15, 0.2) is 35.9 Å². The predicted molar refractivity (Wildman–Crippen MR) is 118 cm³/mol. The Hall–Kier alpha value is -3.39. The Kier molecular flexibility index (Phi) is 6.07. The summed E-state index contributed by atoms with van der Waals surface area (Å²) in [5, 5.41) is 2.63. The number of carbonyl (C=O) groups is 2. The standard InChI is InChI=1S/C22H22N2O5S/c1-12-6-7-16(13(2)8-12)24-21(26)15(20(25)23-22(24)30)9-14-10-18(28-4)19(29-5)11-17(14)27-3/h6-11H,1-5H3,(H,23,25,30)/b15-9+. The molecule has 7 nitrogen and oxygen atoms in total. The molecule has 0 saturated carbocycles. The quantitative estimate of drug-likeness (QED) is 0.450. The van der Waals surface area contributed by atoms with Crippen molar-refractivity contribution in [3.8, 4) is 17.2 Å². The van der Waals surface area contributed by atoms with Crippen LogP contribution in [0.1, 0.15) is 16.7 Å². The lowest BCUT2D eigenvalue weighted by Gasteiger charge is -2.30. The molecular weight excluding hydrogens is 404 g/mol. The zero-order chi connectivity index (χ0) is 22.0. The second kappa shape index (κ2) is 8.54. The molecule has 1 aliphatic rings. The van der Waals surface area contributed by atoms with E-state index in [0.29, 0.717) is 28.5 Å². The van der Waals surface area contributed by atoms with Crippen molar-refractivity contribution < 1.29 is 23.8 Å². The van der Waals surface area contributed by atoms with Gasteiger partial charge in [0, 0.05) is 11.6 Å². The number of thiocarbonyl (C=S) groups is 1. The maximum absolute atomic E-state index is 13.3. The largest absolute Gasteiger partial charge is 0.496 e. The lowest BCUT2D eigenvalue weighted by Crippen LogP contribution is -2.54. The molecule has 1 aliphatic heterocycles. The topological polar surface area (TPSA) is 77.1 Å². The molecule has 1 fully saturated rings. The van der Waals surface area contributed by atoms with Crippen LogP contribution in [0.25, 0.3) is 6.08 Å². The third kappa shape index (κ3) is 3.86. The maximum Gasteiger partial charge on any atom is 0.270 e. The molecule has 3 rings (SSSR count). The Morgan fingerprint density at radius 1 is 0.933 bits per heavy atom. The number of aryl methyl sites for hydroxylation is 2. The summed E-state index contributed by atoms with van der Waals surface area (Å²) in [5.41, 5.74) is 2.95. The fourth-order valence-corrected chi connectivity index (χ4v) is 3.53. The lowest BCUT2D eigenvalue weighted by atomic mass is 10.0. The summed E-state index contributed by atoms with van der Waals surface area (Å²) in [4.78, 5) is 27.2. The normalized spacial score (nSPS) is 15.3. The highest BCUT2D eigenvalue weighted by molar-refractivity contribution is 7.80. The minimum Gasteiger partial charge on any atom is -0.496 e. The van der Waals surface area contributed by atoms with Gasteiger partial charge >= 0.3 is 0 Å². The number of benzene rings is 2. The molecule has 2 amide bonds. The zero-order valence-electron chi connectivity index (χ0n) is 17.4. The molecule has 0 spiro atoms. The van der Waals surface area contributed by atoms with Gasteiger partial charge in [-0.3, -0.25) is 19.8 Å². The highest BCUT2D eigenvalue weighted by Gasteiger charge is 2.35. The average molecular weight is 426 g/mol. The van der Waals surface area contributed by atoms with E-state index in [1.54, 1.807) is 18.2 Å². The molecule has 0 aromatic heterocycles. The van der Waals surface area contributed by atoms with Crippen molar-refractivity contribution in [3.05, 3.63) is 52.6 Å². The van der Waals surface area contributed by atoms with Gasteiger partial charge in [-0.1, -0.05) is 17.7 Å². The number of ether oxygens (including phenoxy) is 3. The van der Waals surface area contributed by atoms with Crippen molar-refractivity contribution in [2.45, 2.75) is 13.8 Å². The molecule has 1 N–H and O–H groups in total. The van der Waals surface area contributed by atoms with Crippen LogP contribution in [0.2, 0.25) is 0 Å². The number of rotatable bonds is 5. The van der Waals surface area contributed by atoms with Crippen molar-refractivity contribution in [1.29, 1.82) is 0 Å². The van der Waals surface area contributed by atoms with Gasteiger partial charge < -0.3 is 14.2 Å². The summed E-state index contributed by atoms with van der Waals surface area (Å²) >= 11 is 5.28. The number of nitrogens with zero attached hydrogens (tertiary/aromatic N) is 1. The minimum atomic E-state index is -0.581. The summed E-state index contributed by atoms with van der Waals surface area (Å²) in [6, 6.07) is 8.90. The number of amides is 2. The number of methoxy groups -OCH3 is 3. The lowest BCUT2D eigenvalue weighted by molar-refractivity contribution is -0.122. The summed E-state index contributed by atoms with van der Waals surface area (Å²) in [6.07, 6.45) is 1.46. The van der Waals surface area contributed by atoms with E-state index in [-0.39, 0.29) is 10.7 Å². The van der Waals surface area contributed by atoms with Crippen molar-refractivity contribution in [3.63, 3.8) is 0 Å². The average Bonchev–Trinajstić information content (AvgIpc) is 2.71. The van der Waals surface area contributed by atoms with Gasteiger partial charge in [0.25, 0.3) is 11.8 Å². The van der Waals surface area contributed by atoms with E-state index in [9.17, 15) is 9.59 Å². The van der Waals surface area contributed by atoms with Gasteiger partial charge in [-0.15, -0.1) is 0 Å². The van der Waals surface area contributed by atoms with Gasteiger partial charge in [-0.05, 0) is 49.8 Å². The number of nitrogens with one attached hydrogen (secondary N) is 1. The molecule has 156 valence electrons.